The summed E-state index contributed by atoms with van der Waals surface area (Å²) >= 11 is 5.22. The Hall–Kier alpha value is -0.100. The molecule has 1 aliphatic rings. The van der Waals surface area contributed by atoms with Crippen molar-refractivity contribution in [3.05, 3.63) is 15.4 Å². The van der Waals surface area contributed by atoms with Crippen molar-refractivity contribution < 1.29 is 9.84 Å². The van der Waals surface area contributed by atoms with Crippen LogP contribution in [0.3, 0.4) is 0 Å². The zero-order valence-electron chi connectivity index (χ0n) is 11.6. The minimum atomic E-state index is 0.171. The fourth-order valence-electron chi connectivity index (χ4n) is 2.64. The first-order valence-corrected chi connectivity index (χ1v) is 8.39. The summed E-state index contributed by atoms with van der Waals surface area (Å²) in [5, 5.41) is 10.5. The highest BCUT2D eigenvalue weighted by Gasteiger charge is 2.32. The summed E-state index contributed by atoms with van der Waals surface area (Å²) < 4.78 is 6.35. The van der Waals surface area contributed by atoms with E-state index in [1.807, 2.05) is 0 Å². The number of hydrogen-bond acceptors (Lipinski definition) is 4. The molecule has 0 aliphatic carbocycles. The molecule has 2 heterocycles. The van der Waals surface area contributed by atoms with E-state index in [1.54, 1.807) is 18.4 Å². The minimum absolute atomic E-state index is 0.171. The molecule has 1 aromatic rings. The van der Waals surface area contributed by atoms with Gasteiger partial charge >= 0.3 is 0 Å². The topological polar surface area (TPSA) is 32.7 Å². The Morgan fingerprint density at radius 3 is 2.63 bits per heavy atom. The number of aliphatic hydroxyl groups is 1. The van der Waals surface area contributed by atoms with Crippen molar-refractivity contribution in [2.45, 2.75) is 32.7 Å². The zero-order chi connectivity index (χ0) is 13.9. The molecule has 0 radical (unpaired) electrons. The van der Waals surface area contributed by atoms with Crippen LogP contribution in [0, 0.1) is 5.41 Å². The SMILES string of the molecule is CCC1(CO)CCN(Cc2cc(Br)c(OC)s2)CC1. The monoisotopic (exact) mass is 347 g/mol. The van der Waals surface area contributed by atoms with Crippen LogP contribution in [0.25, 0.3) is 0 Å². The Kier molecular flexibility index (Phi) is 5.29. The number of ether oxygens (including phenoxy) is 1. The molecule has 1 aromatic heterocycles. The third kappa shape index (κ3) is 3.51. The summed E-state index contributed by atoms with van der Waals surface area (Å²) in [4.78, 5) is 3.80. The number of nitrogens with zero attached hydrogens (tertiary/aromatic N) is 1. The molecule has 0 amide bonds. The second-order valence-corrected chi connectivity index (χ2v) is 7.29. The summed E-state index contributed by atoms with van der Waals surface area (Å²) in [5.41, 5.74) is 0.171. The average Bonchev–Trinajstić information content (AvgIpc) is 2.80. The van der Waals surface area contributed by atoms with Crippen molar-refractivity contribution in [1.82, 2.24) is 4.90 Å². The van der Waals surface area contributed by atoms with Crippen molar-refractivity contribution in [3.63, 3.8) is 0 Å². The molecule has 0 saturated carbocycles. The Balaban J connectivity index is 1.91. The fraction of sp³-hybridized carbons (Fsp3) is 0.714. The van der Waals surface area contributed by atoms with Crippen molar-refractivity contribution in [3.8, 4) is 5.06 Å². The molecule has 1 aliphatic heterocycles. The van der Waals surface area contributed by atoms with Gasteiger partial charge in [-0.1, -0.05) is 6.92 Å². The molecular formula is C14H22BrNO2S. The number of likely N-dealkylation sites (tertiary alicyclic amines) is 1. The van der Waals surface area contributed by atoms with E-state index in [4.69, 9.17) is 4.74 Å². The molecule has 1 N–H and O–H groups in total. The zero-order valence-corrected chi connectivity index (χ0v) is 14.0. The Morgan fingerprint density at radius 2 is 2.16 bits per heavy atom. The van der Waals surface area contributed by atoms with E-state index in [1.165, 1.54) is 4.88 Å². The summed E-state index contributed by atoms with van der Waals surface area (Å²) in [6.45, 7) is 5.65. The minimum Gasteiger partial charge on any atom is -0.486 e. The molecular weight excluding hydrogens is 326 g/mol. The molecule has 108 valence electrons. The molecule has 0 bridgehead atoms. The Bertz CT molecular complexity index is 408. The lowest BCUT2D eigenvalue weighted by atomic mass is 9.77. The number of thiophene rings is 1. The van der Waals surface area contributed by atoms with Gasteiger partial charge in [0.1, 0.15) is 0 Å². The van der Waals surface area contributed by atoms with Crippen LogP contribution >= 0.6 is 27.3 Å². The summed E-state index contributed by atoms with van der Waals surface area (Å²) in [5.74, 6) is 0. The van der Waals surface area contributed by atoms with Crippen molar-refractivity contribution in [2.75, 3.05) is 26.8 Å². The maximum absolute atomic E-state index is 9.55. The molecule has 0 atom stereocenters. The standard InChI is InChI=1S/C14H22BrNO2S/c1-3-14(10-17)4-6-16(7-5-14)9-11-8-12(15)13(18-2)19-11/h8,17H,3-7,9-10H2,1-2H3. The van der Waals surface area contributed by atoms with Gasteiger partial charge in [-0.3, -0.25) is 4.90 Å². The van der Waals surface area contributed by atoms with Gasteiger partial charge < -0.3 is 9.84 Å². The summed E-state index contributed by atoms with van der Waals surface area (Å²) in [6, 6.07) is 2.15. The van der Waals surface area contributed by atoms with Gasteiger partial charge in [0.25, 0.3) is 0 Å². The summed E-state index contributed by atoms with van der Waals surface area (Å²) in [7, 11) is 1.71. The predicted octanol–water partition coefficient (Wildman–Crippen LogP) is 3.50. The maximum atomic E-state index is 9.55. The molecule has 0 spiro atoms. The van der Waals surface area contributed by atoms with Crippen LogP contribution in [0.1, 0.15) is 31.1 Å². The van der Waals surface area contributed by atoms with Gasteiger partial charge in [0.2, 0.25) is 0 Å². The molecule has 3 nitrogen and oxygen atoms in total. The normalized spacial score (nSPS) is 19.6. The Labute approximate surface area is 127 Å². The molecule has 0 unspecified atom stereocenters. The lowest BCUT2D eigenvalue weighted by molar-refractivity contribution is 0.0386. The van der Waals surface area contributed by atoms with E-state index in [0.717, 1.165) is 48.4 Å². The van der Waals surface area contributed by atoms with Gasteiger partial charge in [-0.05, 0) is 59.8 Å². The number of rotatable bonds is 5. The quantitative estimate of drug-likeness (QED) is 0.884. The van der Waals surface area contributed by atoms with Gasteiger partial charge in [-0.2, -0.15) is 0 Å². The van der Waals surface area contributed by atoms with Crippen LogP contribution in [0.5, 0.6) is 5.06 Å². The predicted molar refractivity (Wildman–Crippen MR) is 82.9 cm³/mol. The van der Waals surface area contributed by atoms with Gasteiger partial charge in [-0.15, -0.1) is 11.3 Å². The van der Waals surface area contributed by atoms with Crippen LogP contribution in [0.15, 0.2) is 10.5 Å². The number of methoxy groups -OCH3 is 1. The van der Waals surface area contributed by atoms with Crippen LogP contribution in [-0.2, 0) is 6.54 Å². The number of halogens is 1. The highest BCUT2D eigenvalue weighted by atomic mass is 79.9. The molecule has 5 heteroatoms. The molecule has 1 fully saturated rings. The highest BCUT2D eigenvalue weighted by molar-refractivity contribution is 9.10. The van der Waals surface area contributed by atoms with E-state index in [9.17, 15) is 5.11 Å². The highest BCUT2D eigenvalue weighted by Crippen LogP contribution is 2.37. The lowest BCUT2D eigenvalue weighted by Gasteiger charge is -2.40. The van der Waals surface area contributed by atoms with E-state index in [2.05, 4.69) is 33.8 Å². The van der Waals surface area contributed by atoms with Gasteiger partial charge in [-0.25, -0.2) is 0 Å². The number of aliphatic hydroxyl groups excluding tert-OH is 1. The van der Waals surface area contributed by atoms with E-state index in [0.29, 0.717) is 6.61 Å². The largest absolute Gasteiger partial charge is 0.486 e. The van der Waals surface area contributed by atoms with E-state index >= 15 is 0 Å². The third-order valence-electron chi connectivity index (χ3n) is 4.27. The van der Waals surface area contributed by atoms with Crippen LogP contribution in [0.2, 0.25) is 0 Å². The first kappa shape index (κ1) is 15.3. The van der Waals surface area contributed by atoms with Crippen molar-refractivity contribution in [2.24, 2.45) is 5.41 Å². The first-order valence-electron chi connectivity index (χ1n) is 6.78. The van der Waals surface area contributed by atoms with E-state index in [-0.39, 0.29) is 5.41 Å². The Morgan fingerprint density at radius 1 is 1.47 bits per heavy atom. The lowest BCUT2D eigenvalue weighted by Crippen LogP contribution is -2.41. The van der Waals surface area contributed by atoms with Gasteiger partial charge in [0, 0.05) is 18.0 Å². The van der Waals surface area contributed by atoms with Gasteiger partial charge in [0.05, 0.1) is 11.6 Å². The molecule has 19 heavy (non-hydrogen) atoms. The smallest absolute Gasteiger partial charge is 0.188 e. The van der Waals surface area contributed by atoms with E-state index < -0.39 is 0 Å². The van der Waals surface area contributed by atoms with Crippen LogP contribution in [-0.4, -0.2) is 36.8 Å². The van der Waals surface area contributed by atoms with Crippen LogP contribution in [0.4, 0.5) is 0 Å². The second-order valence-electron chi connectivity index (χ2n) is 5.34. The number of piperidine rings is 1. The maximum Gasteiger partial charge on any atom is 0.188 e. The van der Waals surface area contributed by atoms with Crippen molar-refractivity contribution >= 4 is 27.3 Å². The summed E-state index contributed by atoms with van der Waals surface area (Å²) in [6.07, 6.45) is 3.28. The molecule has 2 rings (SSSR count). The third-order valence-corrected chi connectivity index (χ3v) is 6.21. The average molecular weight is 348 g/mol. The van der Waals surface area contributed by atoms with Crippen molar-refractivity contribution in [1.29, 1.82) is 0 Å². The molecule has 0 aromatic carbocycles. The van der Waals surface area contributed by atoms with Crippen LogP contribution < -0.4 is 4.74 Å². The second kappa shape index (κ2) is 6.57. The molecule has 1 saturated heterocycles. The first-order chi connectivity index (χ1) is 9.12. The van der Waals surface area contributed by atoms with Gasteiger partial charge in [0.15, 0.2) is 5.06 Å². The number of hydrogen-bond donors (Lipinski definition) is 1. The fourth-order valence-corrected chi connectivity index (χ4v) is 4.38.